The van der Waals surface area contributed by atoms with E-state index in [1.54, 1.807) is 0 Å². The first-order valence-electron chi connectivity index (χ1n) is 17.6. The van der Waals surface area contributed by atoms with Crippen molar-refractivity contribution in [1.82, 2.24) is 0 Å². The molecule has 6 aromatic rings. The Morgan fingerprint density at radius 2 is 0.646 bits per heavy atom. The highest BCUT2D eigenvalue weighted by molar-refractivity contribution is 5.91. The maximum Gasteiger partial charge on any atom is 0.0159 e. The van der Waals surface area contributed by atoms with Gasteiger partial charge in [0.2, 0.25) is 0 Å². The summed E-state index contributed by atoms with van der Waals surface area (Å²) in [5.41, 5.74) is 26.2. The summed E-state index contributed by atoms with van der Waals surface area (Å²) in [5.74, 6) is 0. The van der Waals surface area contributed by atoms with E-state index in [1.165, 1.54) is 106 Å². The fourth-order valence-electron chi connectivity index (χ4n) is 9.66. The topological polar surface area (TPSA) is 0 Å². The van der Waals surface area contributed by atoms with Gasteiger partial charge in [0.15, 0.2) is 0 Å². The van der Waals surface area contributed by atoms with Crippen molar-refractivity contribution < 1.29 is 0 Å². The van der Waals surface area contributed by atoms with Crippen LogP contribution in [0.4, 0.5) is 0 Å². The van der Waals surface area contributed by atoms with Crippen LogP contribution in [0.15, 0.2) is 103 Å². The van der Waals surface area contributed by atoms with Gasteiger partial charge in [0, 0.05) is 16.2 Å². The Labute approximate surface area is 286 Å². The zero-order valence-electron chi connectivity index (χ0n) is 29.8. The van der Waals surface area contributed by atoms with Gasteiger partial charge < -0.3 is 0 Å². The first-order valence-corrected chi connectivity index (χ1v) is 17.6. The zero-order valence-corrected chi connectivity index (χ0v) is 29.8. The number of fused-ring (bicyclic) bond motifs is 9. The van der Waals surface area contributed by atoms with Crippen molar-refractivity contribution in [2.24, 2.45) is 0 Å². The molecule has 0 saturated heterocycles. The second kappa shape index (κ2) is 9.48. The summed E-state index contributed by atoms with van der Waals surface area (Å²) in [6.07, 6.45) is 0. The molecule has 0 unspecified atom stereocenters. The maximum atomic E-state index is 2.52. The third kappa shape index (κ3) is 3.72. The van der Waals surface area contributed by atoms with Crippen molar-refractivity contribution >= 4 is 0 Å². The van der Waals surface area contributed by atoms with Gasteiger partial charge in [-0.2, -0.15) is 0 Å². The minimum Gasteiger partial charge on any atom is -0.0619 e. The molecule has 236 valence electrons. The molecule has 0 aromatic heterocycles. The molecule has 3 aliphatic carbocycles. The second-order valence-electron chi connectivity index (χ2n) is 16.4. The molecule has 0 heteroatoms. The van der Waals surface area contributed by atoms with Crippen LogP contribution < -0.4 is 0 Å². The first kappa shape index (κ1) is 29.5. The third-order valence-corrected chi connectivity index (χ3v) is 12.5. The van der Waals surface area contributed by atoms with Gasteiger partial charge in [-0.05, 0) is 151 Å². The van der Waals surface area contributed by atoms with Crippen LogP contribution in [0.25, 0.3) is 55.6 Å². The minimum absolute atomic E-state index is 0.0117. The van der Waals surface area contributed by atoms with Crippen LogP contribution in [0.3, 0.4) is 0 Å². The molecule has 0 fully saturated rings. The average Bonchev–Trinajstić information content (AvgIpc) is 3.52. The van der Waals surface area contributed by atoms with E-state index in [-0.39, 0.29) is 16.2 Å². The van der Waals surface area contributed by atoms with Gasteiger partial charge in [-0.15, -0.1) is 0 Å². The molecule has 0 N–H and O–H groups in total. The SMILES string of the molecule is Cc1cc2c(cc1-c1ccc3c(c1)C(C)(C)c1cc(-c4cc5c(cc4C)-c4ccccc4C5(C)C)c(C)cc1-3)C(C)(C)c1ccccc1-2. The van der Waals surface area contributed by atoms with Crippen molar-refractivity contribution in [3.63, 3.8) is 0 Å². The van der Waals surface area contributed by atoms with E-state index in [1.807, 2.05) is 0 Å². The largest absolute Gasteiger partial charge is 0.0619 e. The molecule has 6 aromatic carbocycles. The number of hydrogen-bond donors (Lipinski definition) is 0. The van der Waals surface area contributed by atoms with Crippen molar-refractivity contribution in [2.45, 2.75) is 78.6 Å². The van der Waals surface area contributed by atoms with Crippen LogP contribution in [-0.4, -0.2) is 0 Å². The Hall–Kier alpha value is -4.68. The number of aryl methyl sites for hydroxylation is 3. The summed E-state index contributed by atoms with van der Waals surface area (Å²) in [7, 11) is 0. The van der Waals surface area contributed by atoms with E-state index in [2.05, 4.69) is 165 Å². The van der Waals surface area contributed by atoms with E-state index in [0.29, 0.717) is 0 Å². The molecular weight excluding hydrogens is 577 g/mol. The number of benzene rings is 6. The highest BCUT2D eigenvalue weighted by Crippen LogP contribution is 2.55. The van der Waals surface area contributed by atoms with Gasteiger partial charge >= 0.3 is 0 Å². The second-order valence-corrected chi connectivity index (χ2v) is 16.4. The zero-order chi connectivity index (χ0) is 33.5. The van der Waals surface area contributed by atoms with Crippen molar-refractivity contribution in [3.8, 4) is 55.6 Å². The molecule has 0 bridgehead atoms. The first-order chi connectivity index (χ1) is 22.8. The lowest BCUT2D eigenvalue weighted by Gasteiger charge is -2.25. The lowest BCUT2D eigenvalue weighted by Crippen LogP contribution is -2.16. The molecule has 0 nitrogen and oxygen atoms in total. The molecule has 0 amide bonds. The molecule has 3 aliphatic rings. The molecule has 0 radical (unpaired) electrons. The fraction of sp³-hybridized carbons (Fsp3) is 0.250. The van der Waals surface area contributed by atoms with E-state index in [4.69, 9.17) is 0 Å². The van der Waals surface area contributed by atoms with Crippen LogP contribution in [0.5, 0.6) is 0 Å². The summed E-state index contributed by atoms with van der Waals surface area (Å²) < 4.78 is 0. The van der Waals surface area contributed by atoms with E-state index in [0.717, 1.165) is 0 Å². The minimum atomic E-state index is -0.108. The van der Waals surface area contributed by atoms with Crippen molar-refractivity contribution in [3.05, 3.63) is 153 Å². The van der Waals surface area contributed by atoms with Crippen LogP contribution in [0.1, 0.15) is 91.6 Å². The lowest BCUT2D eigenvalue weighted by atomic mass is 9.78. The number of hydrogen-bond acceptors (Lipinski definition) is 0. The van der Waals surface area contributed by atoms with Crippen molar-refractivity contribution in [2.75, 3.05) is 0 Å². The third-order valence-electron chi connectivity index (χ3n) is 12.5. The number of rotatable bonds is 2. The molecule has 9 rings (SSSR count). The average molecular weight is 621 g/mol. The lowest BCUT2D eigenvalue weighted by molar-refractivity contribution is 0.659. The smallest absolute Gasteiger partial charge is 0.0159 e. The van der Waals surface area contributed by atoms with E-state index in [9.17, 15) is 0 Å². The van der Waals surface area contributed by atoms with Crippen LogP contribution in [0.2, 0.25) is 0 Å². The summed E-state index contributed by atoms with van der Waals surface area (Å²) >= 11 is 0. The molecule has 0 heterocycles. The molecule has 0 spiro atoms. The highest BCUT2D eigenvalue weighted by atomic mass is 14.4. The van der Waals surface area contributed by atoms with Gasteiger partial charge in [0.1, 0.15) is 0 Å². The standard InChI is InChI=1S/C48H44/c1-27-20-37-31-14-10-12-16-40(31)46(4,5)43(37)24-34(27)30-18-19-33-39-22-29(3)36(26-45(39)48(8,9)42(33)23-30)35-25-44-38(21-28(35)2)32-15-11-13-17-41(32)47(44,6)7/h10-26H,1-9H3. The Morgan fingerprint density at radius 3 is 1.12 bits per heavy atom. The Bertz CT molecular complexity index is 2390. The van der Waals surface area contributed by atoms with E-state index < -0.39 is 0 Å². The summed E-state index contributed by atoms with van der Waals surface area (Å²) in [6, 6.07) is 40.0. The van der Waals surface area contributed by atoms with Crippen LogP contribution >= 0.6 is 0 Å². The molecular formula is C48H44. The summed E-state index contributed by atoms with van der Waals surface area (Å²) in [5, 5.41) is 0. The predicted octanol–water partition coefficient (Wildman–Crippen LogP) is 12.9. The summed E-state index contributed by atoms with van der Waals surface area (Å²) in [6.45, 7) is 21.2. The highest BCUT2D eigenvalue weighted by Gasteiger charge is 2.39. The van der Waals surface area contributed by atoms with Crippen LogP contribution in [-0.2, 0) is 16.2 Å². The Balaban J connectivity index is 1.15. The Kier molecular flexibility index (Phi) is 5.82. The fourth-order valence-corrected chi connectivity index (χ4v) is 9.66. The molecule has 0 atom stereocenters. The maximum absolute atomic E-state index is 2.52. The van der Waals surface area contributed by atoms with Gasteiger partial charge in [0.05, 0.1) is 0 Å². The summed E-state index contributed by atoms with van der Waals surface area (Å²) in [4.78, 5) is 0. The normalized spacial score (nSPS) is 16.5. The molecule has 48 heavy (non-hydrogen) atoms. The molecule has 0 saturated carbocycles. The van der Waals surface area contributed by atoms with Gasteiger partial charge in [-0.3, -0.25) is 0 Å². The van der Waals surface area contributed by atoms with Crippen molar-refractivity contribution in [1.29, 1.82) is 0 Å². The monoisotopic (exact) mass is 620 g/mol. The predicted molar refractivity (Wildman–Crippen MR) is 204 cm³/mol. The van der Waals surface area contributed by atoms with Gasteiger partial charge in [-0.25, -0.2) is 0 Å². The van der Waals surface area contributed by atoms with Gasteiger partial charge in [0.25, 0.3) is 0 Å². The Morgan fingerprint density at radius 1 is 0.292 bits per heavy atom. The van der Waals surface area contributed by atoms with Crippen LogP contribution in [0, 0.1) is 20.8 Å². The molecule has 0 aliphatic heterocycles. The van der Waals surface area contributed by atoms with Gasteiger partial charge in [-0.1, -0.05) is 120 Å². The van der Waals surface area contributed by atoms with E-state index >= 15 is 0 Å². The quantitative estimate of drug-likeness (QED) is 0.181.